The zero-order valence-electron chi connectivity index (χ0n) is 9.76. The van der Waals surface area contributed by atoms with Crippen LogP contribution in [0, 0.1) is 0 Å². The maximum Gasteiger partial charge on any atom is 0.254 e. The maximum absolute atomic E-state index is 12.1. The van der Waals surface area contributed by atoms with Crippen molar-refractivity contribution in [3.8, 4) is 0 Å². The van der Waals surface area contributed by atoms with E-state index in [2.05, 4.69) is 5.32 Å². The highest BCUT2D eigenvalue weighted by molar-refractivity contribution is 6.39. The van der Waals surface area contributed by atoms with Crippen LogP contribution in [-0.2, 0) is 0 Å². The summed E-state index contributed by atoms with van der Waals surface area (Å²) in [5, 5.41) is 3.97. The fourth-order valence-electron chi connectivity index (χ4n) is 2.17. The van der Waals surface area contributed by atoms with Gasteiger partial charge >= 0.3 is 0 Å². The molecular weight excluding hydrogens is 293 g/mol. The fraction of sp³-hybridized carbons (Fsp3) is 0.462. The molecule has 0 radical (unpaired) electrons. The van der Waals surface area contributed by atoms with E-state index in [1.54, 1.807) is 18.2 Å². The van der Waals surface area contributed by atoms with Crippen LogP contribution in [-0.4, -0.2) is 17.3 Å². The summed E-state index contributed by atoms with van der Waals surface area (Å²) in [7, 11) is 0. The Morgan fingerprint density at radius 3 is 2.22 bits per heavy atom. The topological polar surface area (TPSA) is 29.1 Å². The second-order valence-electron chi connectivity index (χ2n) is 4.52. The van der Waals surface area contributed by atoms with Crippen LogP contribution in [0.25, 0.3) is 0 Å². The molecule has 0 unspecified atom stereocenters. The summed E-state index contributed by atoms with van der Waals surface area (Å²) >= 11 is 18.0. The second-order valence-corrected chi connectivity index (χ2v) is 5.95. The number of hydrogen-bond donors (Lipinski definition) is 1. The molecule has 2 nitrogen and oxygen atoms in total. The number of nitrogens with one attached hydrogen (secondary N) is 1. The Balaban J connectivity index is 2.04. The first-order valence-corrected chi connectivity index (χ1v) is 7.16. The second kappa shape index (κ2) is 6.14. The molecule has 1 aliphatic rings. The van der Waals surface area contributed by atoms with E-state index < -0.39 is 0 Å². The van der Waals surface area contributed by atoms with Gasteiger partial charge in [-0.25, -0.2) is 0 Å². The average molecular weight is 307 g/mol. The quantitative estimate of drug-likeness (QED) is 0.812. The molecule has 5 heteroatoms. The van der Waals surface area contributed by atoms with Gasteiger partial charge in [0.25, 0.3) is 5.91 Å². The van der Waals surface area contributed by atoms with E-state index in [1.165, 1.54) is 0 Å². The van der Waals surface area contributed by atoms with Gasteiger partial charge in [0.05, 0.1) is 15.6 Å². The molecule has 18 heavy (non-hydrogen) atoms. The zero-order valence-corrected chi connectivity index (χ0v) is 12.0. The van der Waals surface area contributed by atoms with Crippen molar-refractivity contribution in [3.63, 3.8) is 0 Å². The van der Waals surface area contributed by atoms with Gasteiger partial charge in [0.2, 0.25) is 0 Å². The molecule has 0 spiro atoms. The minimum Gasteiger partial charge on any atom is -0.349 e. The summed E-state index contributed by atoms with van der Waals surface area (Å²) in [5.74, 6) is -0.205. The van der Waals surface area contributed by atoms with Gasteiger partial charge < -0.3 is 5.32 Å². The van der Waals surface area contributed by atoms with Gasteiger partial charge in [-0.05, 0) is 37.8 Å². The van der Waals surface area contributed by atoms with Crippen molar-refractivity contribution < 1.29 is 4.79 Å². The van der Waals surface area contributed by atoms with E-state index in [9.17, 15) is 4.79 Å². The van der Waals surface area contributed by atoms with Crippen molar-refractivity contribution in [2.45, 2.75) is 37.1 Å². The fourth-order valence-corrected chi connectivity index (χ4v) is 2.99. The molecule has 0 aromatic heterocycles. The molecule has 1 aromatic rings. The predicted octanol–water partition coefficient (Wildman–Crippen LogP) is 4.27. The molecule has 1 aliphatic carbocycles. The summed E-state index contributed by atoms with van der Waals surface area (Å²) in [4.78, 5) is 12.1. The van der Waals surface area contributed by atoms with Crippen molar-refractivity contribution in [2.24, 2.45) is 0 Å². The van der Waals surface area contributed by atoms with E-state index >= 15 is 0 Å². The smallest absolute Gasteiger partial charge is 0.254 e. The molecule has 1 amide bonds. The Morgan fingerprint density at radius 2 is 1.67 bits per heavy atom. The number of halogens is 3. The van der Waals surface area contributed by atoms with E-state index in [1.807, 2.05) is 0 Å². The molecule has 0 atom stereocenters. The molecule has 0 bridgehead atoms. The minimum atomic E-state index is -0.205. The van der Waals surface area contributed by atoms with Crippen molar-refractivity contribution in [3.05, 3.63) is 33.8 Å². The lowest BCUT2D eigenvalue weighted by Gasteiger charge is -2.26. The van der Waals surface area contributed by atoms with Crippen LogP contribution >= 0.6 is 34.8 Å². The Labute approximate surface area is 122 Å². The van der Waals surface area contributed by atoms with Crippen LogP contribution in [0.4, 0.5) is 0 Å². The van der Waals surface area contributed by atoms with Crippen molar-refractivity contribution in [2.75, 3.05) is 0 Å². The number of alkyl halides is 1. The van der Waals surface area contributed by atoms with Crippen molar-refractivity contribution in [1.29, 1.82) is 0 Å². The summed E-state index contributed by atoms with van der Waals surface area (Å²) in [6.45, 7) is 0. The standard InChI is InChI=1S/C13H14Cl3NO/c14-8-4-6-9(7-5-8)17-13(18)12-10(15)2-1-3-11(12)16/h1-3,8-9H,4-7H2,(H,17,18). The van der Waals surface area contributed by atoms with Gasteiger partial charge in [-0.3, -0.25) is 4.79 Å². The first kappa shape index (κ1) is 14.0. The Hall–Kier alpha value is -0.440. The summed E-state index contributed by atoms with van der Waals surface area (Å²) in [6.07, 6.45) is 3.68. The van der Waals surface area contributed by atoms with E-state index in [0.29, 0.717) is 15.6 Å². The van der Waals surface area contributed by atoms with E-state index in [4.69, 9.17) is 34.8 Å². The molecule has 1 saturated carbocycles. The molecule has 0 aliphatic heterocycles. The molecule has 0 heterocycles. The molecular formula is C13H14Cl3NO. The van der Waals surface area contributed by atoms with Gasteiger partial charge in [-0.1, -0.05) is 29.3 Å². The lowest BCUT2D eigenvalue weighted by atomic mass is 9.95. The molecule has 1 N–H and O–H groups in total. The zero-order chi connectivity index (χ0) is 13.1. The summed E-state index contributed by atoms with van der Waals surface area (Å²) < 4.78 is 0. The van der Waals surface area contributed by atoms with Crippen molar-refractivity contribution in [1.82, 2.24) is 5.32 Å². The van der Waals surface area contributed by atoms with E-state index in [0.717, 1.165) is 25.7 Å². The third-order valence-electron chi connectivity index (χ3n) is 3.18. The third kappa shape index (κ3) is 3.31. The highest BCUT2D eigenvalue weighted by Gasteiger charge is 2.23. The Morgan fingerprint density at radius 1 is 1.11 bits per heavy atom. The normalized spacial score (nSPS) is 23.7. The first-order valence-electron chi connectivity index (χ1n) is 5.97. The van der Waals surface area contributed by atoms with Gasteiger partial charge in [0, 0.05) is 11.4 Å². The van der Waals surface area contributed by atoms with Crippen LogP contribution in [0.3, 0.4) is 0 Å². The number of carbonyl (C=O) groups excluding carboxylic acids is 1. The third-order valence-corrected chi connectivity index (χ3v) is 4.25. The van der Waals surface area contributed by atoms with Crippen LogP contribution in [0.2, 0.25) is 10.0 Å². The first-order chi connectivity index (χ1) is 8.58. The molecule has 2 rings (SSSR count). The molecule has 1 aromatic carbocycles. The molecule has 1 fully saturated rings. The highest BCUT2D eigenvalue weighted by Crippen LogP contribution is 2.26. The summed E-state index contributed by atoms with van der Waals surface area (Å²) in [6, 6.07) is 5.22. The van der Waals surface area contributed by atoms with E-state index in [-0.39, 0.29) is 17.3 Å². The lowest BCUT2D eigenvalue weighted by Crippen LogP contribution is -2.38. The van der Waals surface area contributed by atoms with Crippen LogP contribution in [0.15, 0.2) is 18.2 Å². The highest BCUT2D eigenvalue weighted by atomic mass is 35.5. The largest absolute Gasteiger partial charge is 0.349 e. The number of carbonyl (C=O) groups is 1. The number of rotatable bonds is 2. The van der Waals surface area contributed by atoms with Crippen LogP contribution in [0.5, 0.6) is 0 Å². The Kier molecular flexibility index (Phi) is 4.77. The van der Waals surface area contributed by atoms with Gasteiger partial charge in [0.1, 0.15) is 0 Å². The average Bonchev–Trinajstić information content (AvgIpc) is 2.32. The summed E-state index contributed by atoms with van der Waals surface area (Å²) in [5.41, 5.74) is 0.355. The number of hydrogen-bond acceptors (Lipinski definition) is 1. The SMILES string of the molecule is O=C(NC1CCC(Cl)CC1)c1c(Cl)cccc1Cl. The van der Waals surface area contributed by atoms with Crippen molar-refractivity contribution >= 4 is 40.7 Å². The number of amides is 1. The molecule has 0 saturated heterocycles. The van der Waals surface area contributed by atoms with Gasteiger partial charge in [0.15, 0.2) is 0 Å². The Bertz CT molecular complexity index is 422. The monoisotopic (exact) mass is 305 g/mol. The van der Waals surface area contributed by atoms with Gasteiger partial charge in [-0.15, -0.1) is 11.6 Å². The minimum absolute atomic E-state index is 0.167. The molecule has 98 valence electrons. The predicted molar refractivity (Wildman–Crippen MR) is 75.8 cm³/mol. The maximum atomic E-state index is 12.1. The van der Waals surface area contributed by atoms with Crippen LogP contribution < -0.4 is 5.32 Å². The van der Waals surface area contributed by atoms with Gasteiger partial charge in [-0.2, -0.15) is 0 Å². The number of benzene rings is 1. The lowest BCUT2D eigenvalue weighted by molar-refractivity contribution is 0.0928. The van der Waals surface area contributed by atoms with Crippen LogP contribution in [0.1, 0.15) is 36.0 Å².